The first-order valence-electron chi connectivity index (χ1n) is 5.58. The Labute approximate surface area is 109 Å². The molecule has 1 atom stereocenters. The topological polar surface area (TPSA) is 55.1 Å². The predicted molar refractivity (Wildman–Crippen MR) is 70.6 cm³/mol. The normalized spacial score (nSPS) is 12.2. The van der Waals surface area contributed by atoms with Gasteiger partial charge in [0, 0.05) is 6.04 Å². The monoisotopic (exact) mass is 274 g/mol. The molecule has 0 saturated carbocycles. The Hall–Kier alpha value is -1.14. The van der Waals surface area contributed by atoms with Gasteiger partial charge in [0.05, 0.1) is 5.75 Å². The number of anilines is 1. The lowest BCUT2D eigenvalue weighted by molar-refractivity contribution is -0.113. The Bertz CT molecular complexity index is 393. The molecule has 0 fully saturated rings. The second-order valence-corrected chi connectivity index (χ2v) is 5.07. The molecule has 1 aromatic carbocycles. The number of rotatable bonds is 6. The van der Waals surface area contributed by atoms with E-state index in [1.807, 2.05) is 6.92 Å². The number of hydrogen-bond donors (Lipinski definition) is 2. The van der Waals surface area contributed by atoms with Crippen LogP contribution >= 0.6 is 11.8 Å². The average molecular weight is 274 g/mol. The van der Waals surface area contributed by atoms with Crippen molar-refractivity contribution < 1.29 is 13.6 Å². The first kappa shape index (κ1) is 14.9. The fraction of sp³-hybridized carbons (Fsp3) is 0.417. The molecule has 18 heavy (non-hydrogen) atoms. The molecule has 0 bridgehead atoms. The summed E-state index contributed by atoms with van der Waals surface area (Å²) >= 11 is 1.38. The summed E-state index contributed by atoms with van der Waals surface area (Å²) in [6, 6.07) is 3.53. The minimum atomic E-state index is -0.774. The van der Waals surface area contributed by atoms with Crippen molar-refractivity contribution in [2.75, 3.05) is 16.8 Å². The zero-order chi connectivity index (χ0) is 13.5. The lowest BCUT2D eigenvalue weighted by atomic mass is 10.3. The number of para-hydroxylation sites is 1. The number of nitrogens with two attached hydrogens (primary N) is 1. The number of hydrogen-bond acceptors (Lipinski definition) is 3. The van der Waals surface area contributed by atoms with Gasteiger partial charge in [-0.05, 0) is 31.2 Å². The molecule has 1 rings (SSSR count). The van der Waals surface area contributed by atoms with Crippen molar-refractivity contribution in [3.05, 3.63) is 29.8 Å². The van der Waals surface area contributed by atoms with Crippen LogP contribution in [0.5, 0.6) is 0 Å². The van der Waals surface area contributed by atoms with Crippen molar-refractivity contribution in [3.8, 4) is 0 Å². The number of thioether (sulfide) groups is 1. The number of nitrogens with one attached hydrogen (secondary N) is 1. The van der Waals surface area contributed by atoms with Gasteiger partial charge in [0.2, 0.25) is 5.91 Å². The summed E-state index contributed by atoms with van der Waals surface area (Å²) in [5, 5.41) is 2.23. The molecular weight excluding hydrogens is 258 g/mol. The molecule has 0 saturated heterocycles. The maximum absolute atomic E-state index is 13.2. The Morgan fingerprint density at radius 1 is 1.44 bits per heavy atom. The SMILES string of the molecule is CC(N)CCSCC(=O)Nc1c(F)cccc1F. The second kappa shape index (κ2) is 7.33. The van der Waals surface area contributed by atoms with E-state index in [9.17, 15) is 13.6 Å². The standard InChI is InChI=1S/C12H16F2N2OS/c1-8(15)5-6-18-7-11(17)16-12-9(13)3-2-4-10(12)14/h2-4,8H,5-7,15H2,1H3,(H,16,17). The molecule has 3 nitrogen and oxygen atoms in total. The molecule has 100 valence electrons. The quantitative estimate of drug-likeness (QED) is 0.783. The van der Waals surface area contributed by atoms with Gasteiger partial charge in [-0.25, -0.2) is 8.78 Å². The van der Waals surface area contributed by atoms with Crippen LogP contribution < -0.4 is 11.1 Å². The number of benzene rings is 1. The van der Waals surface area contributed by atoms with Gasteiger partial charge < -0.3 is 11.1 Å². The third-order valence-corrected chi connectivity index (χ3v) is 3.17. The van der Waals surface area contributed by atoms with Crippen LogP contribution in [0.15, 0.2) is 18.2 Å². The summed E-state index contributed by atoms with van der Waals surface area (Å²) in [5.41, 5.74) is 5.17. The van der Waals surface area contributed by atoms with Gasteiger partial charge >= 0.3 is 0 Å². The number of carbonyl (C=O) groups excluding carboxylic acids is 1. The van der Waals surface area contributed by atoms with Crippen LogP contribution in [0.4, 0.5) is 14.5 Å². The first-order chi connectivity index (χ1) is 8.50. The minimum absolute atomic E-state index is 0.0876. The molecule has 0 aliphatic carbocycles. The van der Waals surface area contributed by atoms with Gasteiger partial charge in [-0.1, -0.05) is 6.07 Å². The Morgan fingerprint density at radius 2 is 2.06 bits per heavy atom. The summed E-state index contributed by atoms with van der Waals surface area (Å²) in [6.07, 6.45) is 0.798. The molecule has 1 unspecified atom stereocenters. The lowest BCUT2D eigenvalue weighted by Crippen LogP contribution is -2.18. The average Bonchev–Trinajstić information content (AvgIpc) is 2.29. The van der Waals surface area contributed by atoms with Crippen LogP contribution in [0, 0.1) is 11.6 Å². The van der Waals surface area contributed by atoms with Crippen LogP contribution in [0.1, 0.15) is 13.3 Å². The second-order valence-electron chi connectivity index (χ2n) is 3.96. The van der Waals surface area contributed by atoms with Gasteiger partial charge in [0.25, 0.3) is 0 Å². The molecule has 0 aliphatic rings. The predicted octanol–water partition coefficient (Wildman–Crippen LogP) is 2.37. The Kier molecular flexibility index (Phi) is 6.07. The van der Waals surface area contributed by atoms with Crippen molar-refractivity contribution in [1.29, 1.82) is 0 Å². The third kappa shape index (κ3) is 5.01. The maximum Gasteiger partial charge on any atom is 0.234 e. The molecule has 1 amide bonds. The van der Waals surface area contributed by atoms with Crippen molar-refractivity contribution in [2.24, 2.45) is 5.73 Å². The van der Waals surface area contributed by atoms with Crippen molar-refractivity contribution in [3.63, 3.8) is 0 Å². The smallest absolute Gasteiger partial charge is 0.234 e. The van der Waals surface area contributed by atoms with E-state index in [4.69, 9.17) is 5.73 Å². The van der Waals surface area contributed by atoms with E-state index < -0.39 is 23.2 Å². The molecule has 0 spiro atoms. The largest absolute Gasteiger partial charge is 0.328 e. The third-order valence-electron chi connectivity index (χ3n) is 2.18. The highest BCUT2D eigenvalue weighted by Crippen LogP contribution is 2.18. The highest BCUT2D eigenvalue weighted by Gasteiger charge is 2.11. The fourth-order valence-corrected chi connectivity index (χ4v) is 2.17. The van der Waals surface area contributed by atoms with Crippen LogP contribution in [0.25, 0.3) is 0 Å². The van der Waals surface area contributed by atoms with E-state index in [-0.39, 0.29) is 11.8 Å². The number of amides is 1. The molecule has 0 heterocycles. The van der Waals surface area contributed by atoms with Crippen molar-refractivity contribution >= 4 is 23.4 Å². The summed E-state index contributed by atoms with van der Waals surface area (Å²) in [4.78, 5) is 11.5. The van der Waals surface area contributed by atoms with E-state index in [0.717, 1.165) is 24.3 Å². The van der Waals surface area contributed by atoms with E-state index in [1.54, 1.807) is 0 Å². The van der Waals surface area contributed by atoms with Gasteiger partial charge in [-0.15, -0.1) is 0 Å². The molecular formula is C12H16F2N2OS. The fourth-order valence-electron chi connectivity index (χ4n) is 1.23. The zero-order valence-electron chi connectivity index (χ0n) is 10.1. The lowest BCUT2D eigenvalue weighted by Gasteiger charge is -2.08. The summed E-state index contributed by atoms with van der Waals surface area (Å²) in [5.74, 6) is -1.08. The number of carbonyl (C=O) groups is 1. The number of halogens is 2. The summed E-state index contributed by atoms with van der Waals surface area (Å²) in [6.45, 7) is 1.88. The van der Waals surface area contributed by atoms with Gasteiger partial charge in [0.15, 0.2) is 0 Å². The van der Waals surface area contributed by atoms with Crippen molar-refractivity contribution in [1.82, 2.24) is 0 Å². The first-order valence-corrected chi connectivity index (χ1v) is 6.73. The van der Waals surface area contributed by atoms with Gasteiger partial charge in [-0.3, -0.25) is 4.79 Å². The van der Waals surface area contributed by atoms with Gasteiger partial charge in [-0.2, -0.15) is 11.8 Å². The van der Waals surface area contributed by atoms with E-state index in [0.29, 0.717) is 0 Å². The molecule has 6 heteroatoms. The highest BCUT2D eigenvalue weighted by atomic mass is 32.2. The van der Waals surface area contributed by atoms with E-state index in [2.05, 4.69) is 5.32 Å². The zero-order valence-corrected chi connectivity index (χ0v) is 10.9. The molecule has 0 radical (unpaired) electrons. The molecule has 0 aromatic heterocycles. The van der Waals surface area contributed by atoms with Crippen molar-refractivity contribution in [2.45, 2.75) is 19.4 Å². The molecule has 1 aromatic rings. The van der Waals surface area contributed by atoms with E-state index in [1.165, 1.54) is 17.8 Å². The van der Waals surface area contributed by atoms with Crippen LogP contribution in [-0.2, 0) is 4.79 Å². The van der Waals surface area contributed by atoms with Crippen LogP contribution in [-0.4, -0.2) is 23.5 Å². The van der Waals surface area contributed by atoms with Gasteiger partial charge in [0.1, 0.15) is 17.3 Å². The molecule has 3 N–H and O–H groups in total. The summed E-state index contributed by atoms with van der Waals surface area (Å²) < 4.78 is 26.5. The maximum atomic E-state index is 13.2. The molecule has 0 aliphatic heterocycles. The Balaban J connectivity index is 2.40. The van der Waals surface area contributed by atoms with Crippen LogP contribution in [0.3, 0.4) is 0 Å². The minimum Gasteiger partial charge on any atom is -0.328 e. The highest BCUT2D eigenvalue weighted by molar-refractivity contribution is 7.99. The van der Waals surface area contributed by atoms with E-state index >= 15 is 0 Å². The Morgan fingerprint density at radius 3 is 2.61 bits per heavy atom. The summed E-state index contributed by atoms with van der Waals surface area (Å²) in [7, 11) is 0. The van der Waals surface area contributed by atoms with Crippen LogP contribution in [0.2, 0.25) is 0 Å².